The lowest BCUT2D eigenvalue weighted by Gasteiger charge is -2.23. The monoisotopic (exact) mass is 206 g/mol. The van der Waals surface area contributed by atoms with Gasteiger partial charge in [0.1, 0.15) is 0 Å². The van der Waals surface area contributed by atoms with Crippen LogP contribution < -0.4 is 4.90 Å². The second kappa shape index (κ2) is 5.15. The standard InChI is InChI=1S/C13H22N2/c1-10(2)8-12-6-7-13(9-14-12)15(5)11(3)4/h6-7,9-11H,8H2,1-5H3. The summed E-state index contributed by atoms with van der Waals surface area (Å²) >= 11 is 0. The van der Waals surface area contributed by atoms with Crippen LogP contribution in [0.1, 0.15) is 33.4 Å². The molecule has 0 atom stereocenters. The smallest absolute Gasteiger partial charge is 0.0552 e. The van der Waals surface area contributed by atoms with Gasteiger partial charge in [0.2, 0.25) is 0 Å². The Hall–Kier alpha value is -1.05. The summed E-state index contributed by atoms with van der Waals surface area (Å²) in [5.41, 5.74) is 2.38. The molecule has 1 aromatic rings. The average molecular weight is 206 g/mol. The Balaban J connectivity index is 2.72. The van der Waals surface area contributed by atoms with Crippen molar-refractivity contribution in [3.8, 4) is 0 Å². The Bertz CT molecular complexity index is 288. The van der Waals surface area contributed by atoms with Crippen LogP contribution in [-0.4, -0.2) is 18.1 Å². The summed E-state index contributed by atoms with van der Waals surface area (Å²) in [5.74, 6) is 0.672. The molecule has 15 heavy (non-hydrogen) atoms. The lowest BCUT2D eigenvalue weighted by atomic mass is 10.1. The van der Waals surface area contributed by atoms with Crippen molar-refractivity contribution in [3.05, 3.63) is 24.0 Å². The molecule has 2 nitrogen and oxygen atoms in total. The van der Waals surface area contributed by atoms with Gasteiger partial charge in [-0.2, -0.15) is 0 Å². The van der Waals surface area contributed by atoms with Gasteiger partial charge >= 0.3 is 0 Å². The first-order valence-electron chi connectivity index (χ1n) is 5.68. The van der Waals surface area contributed by atoms with Crippen LogP contribution in [0.5, 0.6) is 0 Å². The first-order valence-corrected chi connectivity index (χ1v) is 5.68. The maximum Gasteiger partial charge on any atom is 0.0552 e. The fourth-order valence-electron chi connectivity index (χ4n) is 1.46. The molecule has 1 heterocycles. The Morgan fingerprint density at radius 3 is 2.27 bits per heavy atom. The van der Waals surface area contributed by atoms with E-state index < -0.39 is 0 Å². The lowest BCUT2D eigenvalue weighted by molar-refractivity contribution is 0.635. The number of hydrogen-bond acceptors (Lipinski definition) is 2. The fourth-order valence-corrected chi connectivity index (χ4v) is 1.46. The molecule has 0 spiro atoms. The van der Waals surface area contributed by atoms with Crippen LogP contribution in [-0.2, 0) is 6.42 Å². The summed E-state index contributed by atoms with van der Waals surface area (Å²) in [6.45, 7) is 8.80. The molecule has 0 aliphatic heterocycles. The minimum absolute atomic E-state index is 0.516. The molecule has 0 unspecified atom stereocenters. The number of rotatable bonds is 4. The van der Waals surface area contributed by atoms with Crippen LogP contribution >= 0.6 is 0 Å². The molecule has 2 heteroatoms. The molecular weight excluding hydrogens is 184 g/mol. The molecule has 0 saturated carbocycles. The van der Waals surface area contributed by atoms with Gasteiger partial charge < -0.3 is 4.90 Å². The zero-order chi connectivity index (χ0) is 11.4. The number of aromatic nitrogens is 1. The average Bonchev–Trinajstić information content (AvgIpc) is 2.17. The maximum atomic E-state index is 4.48. The quantitative estimate of drug-likeness (QED) is 0.752. The molecular formula is C13H22N2. The zero-order valence-electron chi connectivity index (χ0n) is 10.5. The van der Waals surface area contributed by atoms with Gasteiger partial charge in [0.25, 0.3) is 0 Å². The van der Waals surface area contributed by atoms with E-state index in [0.29, 0.717) is 12.0 Å². The van der Waals surface area contributed by atoms with E-state index in [1.165, 1.54) is 11.4 Å². The van der Waals surface area contributed by atoms with E-state index in [9.17, 15) is 0 Å². The van der Waals surface area contributed by atoms with Gasteiger partial charge in [0, 0.05) is 18.8 Å². The van der Waals surface area contributed by atoms with Crippen LogP contribution in [0, 0.1) is 5.92 Å². The number of nitrogens with zero attached hydrogens (tertiary/aromatic N) is 2. The normalized spacial score (nSPS) is 11.1. The van der Waals surface area contributed by atoms with E-state index in [-0.39, 0.29) is 0 Å². The molecule has 0 N–H and O–H groups in total. The molecule has 0 amide bonds. The second-order valence-electron chi connectivity index (χ2n) is 4.81. The summed E-state index contributed by atoms with van der Waals surface area (Å²) in [7, 11) is 2.10. The van der Waals surface area contributed by atoms with Crippen molar-refractivity contribution < 1.29 is 0 Å². The summed E-state index contributed by atoms with van der Waals surface area (Å²) in [4.78, 5) is 6.71. The third kappa shape index (κ3) is 3.54. The largest absolute Gasteiger partial charge is 0.371 e. The molecule has 0 fully saturated rings. The zero-order valence-corrected chi connectivity index (χ0v) is 10.5. The Morgan fingerprint density at radius 1 is 1.20 bits per heavy atom. The maximum absolute atomic E-state index is 4.48. The van der Waals surface area contributed by atoms with Gasteiger partial charge in [-0.25, -0.2) is 0 Å². The van der Waals surface area contributed by atoms with Crippen LogP contribution in [0.2, 0.25) is 0 Å². The molecule has 0 aliphatic carbocycles. The third-order valence-electron chi connectivity index (χ3n) is 2.61. The van der Waals surface area contributed by atoms with E-state index in [2.05, 4.69) is 56.8 Å². The van der Waals surface area contributed by atoms with Crippen LogP contribution in [0.25, 0.3) is 0 Å². The van der Waals surface area contributed by atoms with Crippen molar-refractivity contribution in [1.82, 2.24) is 4.98 Å². The van der Waals surface area contributed by atoms with Gasteiger partial charge in [-0.1, -0.05) is 13.8 Å². The summed E-state index contributed by atoms with van der Waals surface area (Å²) in [6, 6.07) is 4.81. The molecule has 84 valence electrons. The highest BCUT2D eigenvalue weighted by atomic mass is 15.1. The van der Waals surface area contributed by atoms with E-state index >= 15 is 0 Å². The SMILES string of the molecule is CC(C)Cc1ccc(N(C)C(C)C)cn1. The Morgan fingerprint density at radius 2 is 1.87 bits per heavy atom. The number of hydrogen-bond donors (Lipinski definition) is 0. The molecule has 1 rings (SSSR count). The van der Waals surface area contributed by atoms with E-state index in [4.69, 9.17) is 0 Å². The first-order chi connectivity index (χ1) is 7.00. The van der Waals surface area contributed by atoms with Crippen LogP contribution in [0.4, 0.5) is 5.69 Å². The van der Waals surface area contributed by atoms with Crippen LogP contribution in [0.15, 0.2) is 18.3 Å². The van der Waals surface area contributed by atoms with Crippen molar-refractivity contribution in [2.75, 3.05) is 11.9 Å². The minimum Gasteiger partial charge on any atom is -0.371 e. The molecule has 0 aromatic carbocycles. The van der Waals surface area contributed by atoms with Gasteiger partial charge in [0.15, 0.2) is 0 Å². The first kappa shape index (κ1) is 12.0. The van der Waals surface area contributed by atoms with Crippen molar-refractivity contribution >= 4 is 5.69 Å². The highest BCUT2D eigenvalue weighted by Crippen LogP contribution is 2.15. The van der Waals surface area contributed by atoms with Gasteiger partial charge in [-0.3, -0.25) is 4.98 Å². The third-order valence-corrected chi connectivity index (χ3v) is 2.61. The number of anilines is 1. The van der Waals surface area contributed by atoms with Crippen molar-refractivity contribution in [1.29, 1.82) is 0 Å². The molecule has 0 radical (unpaired) electrons. The van der Waals surface area contributed by atoms with E-state index in [1.54, 1.807) is 0 Å². The topological polar surface area (TPSA) is 16.1 Å². The van der Waals surface area contributed by atoms with Crippen LogP contribution in [0.3, 0.4) is 0 Å². The van der Waals surface area contributed by atoms with Gasteiger partial charge in [-0.05, 0) is 38.3 Å². The lowest BCUT2D eigenvalue weighted by Crippen LogP contribution is -2.25. The summed E-state index contributed by atoms with van der Waals surface area (Å²) in [6.07, 6.45) is 3.03. The predicted molar refractivity (Wildman–Crippen MR) is 66.3 cm³/mol. The van der Waals surface area contributed by atoms with Crippen molar-refractivity contribution in [3.63, 3.8) is 0 Å². The van der Waals surface area contributed by atoms with Crippen molar-refractivity contribution in [2.45, 2.75) is 40.2 Å². The van der Waals surface area contributed by atoms with E-state index in [1.807, 2.05) is 6.20 Å². The predicted octanol–water partition coefficient (Wildman–Crippen LogP) is 3.12. The van der Waals surface area contributed by atoms with Gasteiger partial charge in [-0.15, -0.1) is 0 Å². The molecule has 0 saturated heterocycles. The summed E-state index contributed by atoms with van der Waals surface area (Å²) in [5, 5.41) is 0. The Labute approximate surface area is 93.3 Å². The van der Waals surface area contributed by atoms with E-state index in [0.717, 1.165) is 6.42 Å². The number of pyridine rings is 1. The minimum atomic E-state index is 0.516. The fraction of sp³-hybridized carbons (Fsp3) is 0.615. The molecule has 1 aromatic heterocycles. The van der Waals surface area contributed by atoms with Crippen molar-refractivity contribution in [2.24, 2.45) is 5.92 Å². The molecule has 0 aliphatic rings. The Kier molecular flexibility index (Phi) is 4.13. The van der Waals surface area contributed by atoms with Gasteiger partial charge in [0.05, 0.1) is 11.9 Å². The molecule has 0 bridgehead atoms. The second-order valence-corrected chi connectivity index (χ2v) is 4.81. The highest BCUT2D eigenvalue weighted by molar-refractivity contribution is 5.44. The summed E-state index contributed by atoms with van der Waals surface area (Å²) < 4.78 is 0. The highest BCUT2D eigenvalue weighted by Gasteiger charge is 2.05.